The highest BCUT2D eigenvalue weighted by molar-refractivity contribution is 5.85. The van der Waals surface area contributed by atoms with E-state index < -0.39 is 0 Å². The molecule has 2 heterocycles. The molecule has 3 aromatic carbocycles. The lowest BCUT2D eigenvalue weighted by Crippen LogP contribution is -2.70. The number of carbonyl (C=O) groups excluding carboxylic acids is 1. The number of ether oxygens (including phenoxy) is 1. The molecule has 7 rings (SSSR count). The molecule has 3 nitrogen and oxygen atoms in total. The number of carbonyl (C=O) groups is 1. The fraction of sp³-hybridized carbons (Fsp3) is 0.424. The van der Waals surface area contributed by atoms with Crippen molar-refractivity contribution in [1.82, 2.24) is 4.90 Å². The number of hydrogen-bond acceptors (Lipinski definition) is 3. The van der Waals surface area contributed by atoms with Crippen molar-refractivity contribution >= 4 is 18.4 Å². The van der Waals surface area contributed by atoms with E-state index >= 15 is 0 Å². The van der Waals surface area contributed by atoms with Crippen LogP contribution in [0.1, 0.15) is 48.4 Å². The van der Waals surface area contributed by atoms with Gasteiger partial charge in [-0.25, -0.2) is 0 Å². The van der Waals surface area contributed by atoms with Gasteiger partial charge in [-0.15, -0.1) is 12.4 Å². The van der Waals surface area contributed by atoms with Crippen molar-refractivity contribution in [3.8, 4) is 0 Å². The van der Waals surface area contributed by atoms with Gasteiger partial charge in [-0.1, -0.05) is 91.9 Å². The molecule has 2 aliphatic heterocycles. The molecule has 3 unspecified atom stereocenters. The summed E-state index contributed by atoms with van der Waals surface area (Å²) in [5.41, 5.74) is 5.86. The van der Waals surface area contributed by atoms with E-state index in [2.05, 4.69) is 78.6 Å². The average Bonchev–Trinajstić information content (AvgIpc) is 2.93. The van der Waals surface area contributed by atoms with Crippen molar-refractivity contribution in [2.24, 2.45) is 11.8 Å². The van der Waals surface area contributed by atoms with Gasteiger partial charge in [0.1, 0.15) is 0 Å². The summed E-state index contributed by atoms with van der Waals surface area (Å²) in [6, 6.07) is 31.0. The van der Waals surface area contributed by atoms with E-state index in [0.29, 0.717) is 18.6 Å². The van der Waals surface area contributed by atoms with E-state index in [4.69, 9.17) is 4.74 Å². The molecular weight excluding hydrogens is 478 g/mol. The third-order valence-electron chi connectivity index (χ3n) is 9.47. The lowest BCUT2D eigenvalue weighted by atomic mass is 9.48. The maximum absolute atomic E-state index is 13.5. The molecule has 0 radical (unpaired) electrons. The van der Waals surface area contributed by atoms with Crippen LogP contribution in [-0.4, -0.2) is 36.1 Å². The van der Waals surface area contributed by atoms with Gasteiger partial charge < -0.3 is 4.74 Å². The molecule has 194 valence electrons. The molecule has 3 fully saturated rings. The number of halogens is 1. The normalized spacial score (nSPS) is 27.7. The SMILES string of the molecule is CC[C@]12CC3[C@@H](C(=O)OCCc4ccccc4)CC1C(Cc1ccccc12)N3CCc1ccccc1.Cl. The Labute approximate surface area is 227 Å². The number of esters is 1. The van der Waals surface area contributed by atoms with Gasteiger partial charge >= 0.3 is 5.97 Å². The molecule has 4 bridgehead atoms. The number of piperidine rings is 2. The van der Waals surface area contributed by atoms with Gasteiger partial charge in [-0.2, -0.15) is 0 Å². The van der Waals surface area contributed by atoms with Crippen LogP contribution in [-0.2, 0) is 34.2 Å². The third-order valence-corrected chi connectivity index (χ3v) is 9.47. The quantitative estimate of drug-likeness (QED) is 0.324. The van der Waals surface area contributed by atoms with Gasteiger partial charge in [0.25, 0.3) is 0 Å². The van der Waals surface area contributed by atoms with E-state index in [1.54, 1.807) is 5.56 Å². The molecule has 37 heavy (non-hydrogen) atoms. The molecule has 4 heteroatoms. The van der Waals surface area contributed by atoms with Crippen LogP contribution in [0.4, 0.5) is 0 Å². The summed E-state index contributed by atoms with van der Waals surface area (Å²) in [5, 5.41) is 0. The second kappa shape index (κ2) is 11.0. The summed E-state index contributed by atoms with van der Waals surface area (Å²) in [7, 11) is 0. The minimum atomic E-state index is -0.0252. The van der Waals surface area contributed by atoms with E-state index in [9.17, 15) is 4.79 Å². The zero-order valence-corrected chi connectivity index (χ0v) is 22.5. The van der Waals surface area contributed by atoms with E-state index in [1.807, 2.05) is 18.2 Å². The Hall–Kier alpha value is -2.62. The highest BCUT2D eigenvalue weighted by Gasteiger charge is 2.62. The summed E-state index contributed by atoms with van der Waals surface area (Å²) in [4.78, 5) is 16.2. The molecule has 2 aliphatic carbocycles. The second-order valence-electron chi connectivity index (χ2n) is 11.0. The summed E-state index contributed by atoms with van der Waals surface area (Å²) < 4.78 is 5.94. The minimum absolute atomic E-state index is 0. The van der Waals surface area contributed by atoms with Gasteiger partial charge in [0.15, 0.2) is 0 Å². The van der Waals surface area contributed by atoms with Crippen molar-refractivity contribution in [2.75, 3.05) is 13.2 Å². The third kappa shape index (κ3) is 4.73. The van der Waals surface area contributed by atoms with Crippen molar-refractivity contribution in [3.63, 3.8) is 0 Å². The van der Waals surface area contributed by atoms with Gasteiger partial charge in [-0.3, -0.25) is 9.69 Å². The van der Waals surface area contributed by atoms with Crippen LogP contribution in [0.25, 0.3) is 0 Å². The molecule has 0 amide bonds. The number of fused-ring (bicyclic) bond motifs is 2. The summed E-state index contributed by atoms with van der Waals surface area (Å²) in [6.07, 6.45) is 6.07. The fourth-order valence-electron chi connectivity index (χ4n) is 7.76. The lowest BCUT2D eigenvalue weighted by molar-refractivity contribution is -0.167. The standard InChI is InChI=1S/C33H37NO2.ClH/c1-2-33-23-31-27(32(35)36-20-18-25-13-7-4-8-14-25)22-29(33)30(21-26-15-9-10-16-28(26)33)34(31)19-17-24-11-5-3-6-12-24;/h3-16,27,29-31H,2,17-23H2,1H3;1H/t27-,29?,30?,31?,33+;/m0./s1. The first-order chi connectivity index (χ1) is 17.7. The zero-order valence-electron chi connectivity index (χ0n) is 21.7. The van der Waals surface area contributed by atoms with Crippen LogP contribution in [0, 0.1) is 11.8 Å². The van der Waals surface area contributed by atoms with E-state index in [1.165, 1.54) is 16.7 Å². The summed E-state index contributed by atoms with van der Waals surface area (Å²) in [5.74, 6) is 0.496. The number of hydrogen-bond donors (Lipinski definition) is 0. The Morgan fingerprint density at radius 2 is 1.54 bits per heavy atom. The minimum Gasteiger partial charge on any atom is -0.465 e. The predicted molar refractivity (Wildman–Crippen MR) is 151 cm³/mol. The summed E-state index contributed by atoms with van der Waals surface area (Å²) >= 11 is 0. The van der Waals surface area contributed by atoms with Crippen LogP contribution in [0.2, 0.25) is 0 Å². The largest absolute Gasteiger partial charge is 0.465 e. The first-order valence-electron chi connectivity index (χ1n) is 13.8. The van der Waals surface area contributed by atoms with Gasteiger partial charge in [0.2, 0.25) is 0 Å². The Kier molecular flexibility index (Phi) is 7.74. The average molecular weight is 516 g/mol. The topological polar surface area (TPSA) is 29.5 Å². The van der Waals surface area contributed by atoms with Crippen molar-refractivity contribution in [2.45, 2.75) is 62.9 Å². The maximum atomic E-state index is 13.5. The fourth-order valence-corrected chi connectivity index (χ4v) is 7.76. The van der Waals surface area contributed by atoms with Crippen molar-refractivity contribution in [3.05, 3.63) is 107 Å². The number of nitrogens with zero attached hydrogens (tertiary/aromatic N) is 1. The maximum Gasteiger partial charge on any atom is 0.310 e. The molecule has 5 atom stereocenters. The Morgan fingerprint density at radius 1 is 0.892 bits per heavy atom. The first-order valence-corrected chi connectivity index (χ1v) is 13.8. The van der Waals surface area contributed by atoms with Gasteiger partial charge in [0.05, 0.1) is 12.5 Å². The lowest BCUT2D eigenvalue weighted by Gasteiger charge is -2.65. The van der Waals surface area contributed by atoms with Crippen molar-refractivity contribution in [1.29, 1.82) is 0 Å². The van der Waals surface area contributed by atoms with E-state index in [-0.39, 0.29) is 35.8 Å². The Balaban J connectivity index is 0.00000280. The number of benzene rings is 3. The monoisotopic (exact) mass is 515 g/mol. The highest BCUT2D eigenvalue weighted by atomic mass is 35.5. The van der Waals surface area contributed by atoms with Gasteiger partial charge in [-0.05, 0) is 60.3 Å². The smallest absolute Gasteiger partial charge is 0.310 e. The van der Waals surface area contributed by atoms with Crippen LogP contribution >= 0.6 is 12.4 Å². The Bertz CT molecular complexity index is 1200. The van der Waals surface area contributed by atoms with Crippen LogP contribution in [0.3, 0.4) is 0 Å². The molecule has 0 spiro atoms. The molecule has 4 aliphatic rings. The van der Waals surface area contributed by atoms with Crippen LogP contribution in [0.5, 0.6) is 0 Å². The van der Waals surface area contributed by atoms with Crippen LogP contribution in [0.15, 0.2) is 84.9 Å². The molecular formula is C33H38ClNO2. The zero-order chi connectivity index (χ0) is 24.5. The molecule has 3 aromatic rings. The highest BCUT2D eigenvalue weighted by Crippen LogP contribution is 2.59. The molecule has 1 saturated carbocycles. The molecule has 0 N–H and O–H groups in total. The van der Waals surface area contributed by atoms with Crippen molar-refractivity contribution < 1.29 is 9.53 Å². The Morgan fingerprint density at radius 3 is 2.24 bits per heavy atom. The van der Waals surface area contributed by atoms with Gasteiger partial charge in [0, 0.05) is 30.5 Å². The molecule has 0 aromatic heterocycles. The van der Waals surface area contributed by atoms with E-state index in [0.717, 1.165) is 45.1 Å². The first kappa shape index (κ1) is 26.0. The van der Waals surface area contributed by atoms with Crippen LogP contribution < -0.4 is 0 Å². The molecule has 2 saturated heterocycles. The second-order valence-corrected chi connectivity index (χ2v) is 11.0. The summed E-state index contributed by atoms with van der Waals surface area (Å²) in [6.45, 7) is 3.83. The number of rotatable bonds is 8. The predicted octanol–water partition coefficient (Wildman–Crippen LogP) is 6.42.